The van der Waals surface area contributed by atoms with Crippen LogP contribution < -0.4 is 0 Å². The topological polar surface area (TPSA) is 0 Å². The number of hydrogen-bond acceptors (Lipinski definition) is 0. The molecule has 1 aliphatic carbocycles. The Morgan fingerprint density at radius 3 is 2.62 bits per heavy atom. The molecule has 0 saturated heterocycles. The first-order valence-electron chi connectivity index (χ1n) is 4.88. The van der Waals surface area contributed by atoms with E-state index in [0.29, 0.717) is 0 Å². The van der Waals surface area contributed by atoms with Gasteiger partial charge in [0.05, 0.1) is 0 Å². The van der Waals surface area contributed by atoms with Gasteiger partial charge < -0.3 is 0 Å². The molecular weight excluding hydrogens is 156 g/mol. The van der Waals surface area contributed by atoms with Crippen molar-refractivity contribution in [1.29, 1.82) is 0 Å². The summed E-state index contributed by atoms with van der Waals surface area (Å²) in [6.45, 7) is 6.84. The third-order valence-corrected chi connectivity index (χ3v) is 2.64. The summed E-state index contributed by atoms with van der Waals surface area (Å²) in [6.07, 6.45) is 5.59. The zero-order chi connectivity index (χ0) is 9.47. The molecule has 0 bridgehead atoms. The van der Waals surface area contributed by atoms with Crippen LogP contribution in [-0.4, -0.2) is 0 Å². The molecule has 0 fully saturated rings. The van der Waals surface area contributed by atoms with Crippen molar-refractivity contribution in [1.82, 2.24) is 0 Å². The Hall–Kier alpha value is -1.04. The van der Waals surface area contributed by atoms with E-state index in [1.54, 1.807) is 0 Å². The van der Waals surface area contributed by atoms with Gasteiger partial charge in [0.2, 0.25) is 0 Å². The highest BCUT2D eigenvalue weighted by Crippen LogP contribution is 2.31. The van der Waals surface area contributed by atoms with Crippen molar-refractivity contribution >= 4 is 6.08 Å². The lowest BCUT2D eigenvalue weighted by molar-refractivity contribution is 0.585. The summed E-state index contributed by atoms with van der Waals surface area (Å²) in [5, 5.41) is 0. The van der Waals surface area contributed by atoms with Crippen molar-refractivity contribution in [2.24, 2.45) is 0 Å². The largest absolute Gasteiger partial charge is 0.0795 e. The third kappa shape index (κ3) is 1.41. The van der Waals surface area contributed by atoms with Crippen LogP contribution in [0, 0.1) is 0 Å². The van der Waals surface area contributed by atoms with Gasteiger partial charge in [-0.15, -0.1) is 0 Å². The van der Waals surface area contributed by atoms with Gasteiger partial charge in [0.15, 0.2) is 0 Å². The molecule has 0 atom stereocenters. The first-order chi connectivity index (χ1) is 6.09. The molecule has 0 aliphatic heterocycles. The van der Waals surface area contributed by atoms with Crippen LogP contribution in [0.3, 0.4) is 0 Å². The first-order valence-corrected chi connectivity index (χ1v) is 4.88. The van der Waals surface area contributed by atoms with Crippen LogP contribution in [0.25, 0.3) is 6.08 Å². The standard InChI is InChI=1S/C13H16/c1-13(2,3)12-9-5-7-10-6-4-8-11(10)12/h4-7,9H,8H2,1-3H3. The van der Waals surface area contributed by atoms with Crippen LogP contribution in [0.2, 0.25) is 0 Å². The Balaban J connectivity index is 2.57. The predicted molar refractivity (Wildman–Crippen MR) is 57.9 cm³/mol. The Morgan fingerprint density at radius 2 is 1.92 bits per heavy atom. The Bertz CT molecular complexity index is 351. The molecule has 0 unspecified atom stereocenters. The molecule has 0 saturated carbocycles. The van der Waals surface area contributed by atoms with Crippen LogP contribution in [0.4, 0.5) is 0 Å². The Labute approximate surface area is 80.3 Å². The molecule has 0 N–H and O–H groups in total. The fourth-order valence-corrected chi connectivity index (χ4v) is 2.00. The quantitative estimate of drug-likeness (QED) is 0.561. The lowest BCUT2D eigenvalue weighted by Gasteiger charge is -2.22. The highest BCUT2D eigenvalue weighted by Gasteiger charge is 2.19. The Morgan fingerprint density at radius 1 is 1.15 bits per heavy atom. The van der Waals surface area contributed by atoms with E-state index in [1.807, 2.05) is 0 Å². The molecule has 1 aromatic rings. The minimum absolute atomic E-state index is 0.275. The normalized spacial score (nSPS) is 14.7. The van der Waals surface area contributed by atoms with Gasteiger partial charge in [0.1, 0.15) is 0 Å². The second-order valence-corrected chi connectivity index (χ2v) is 4.73. The molecule has 0 heterocycles. The van der Waals surface area contributed by atoms with Gasteiger partial charge in [-0.2, -0.15) is 0 Å². The molecule has 13 heavy (non-hydrogen) atoms. The summed E-state index contributed by atoms with van der Waals surface area (Å²) in [5.74, 6) is 0. The van der Waals surface area contributed by atoms with Crippen molar-refractivity contribution in [2.75, 3.05) is 0 Å². The molecule has 0 heteroatoms. The first kappa shape index (κ1) is 8.55. The van der Waals surface area contributed by atoms with E-state index in [-0.39, 0.29) is 5.41 Å². The van der Waals surface area contributed by atoms with Gasteiger partial charge >= 0.3 is 0 Å². The number of rotatable bonds is 0. The minimum atomic E-state index is 0.275. The van der Waals surface area contributed by atoms with Gasteiger partial charge in [0.25, 0.3) is 0 Å². The molecule has 0 aromatic heterocycles. The molecule has 1 aromatic carbocycles. The van der Waals surface area contributed by atoms with E-state index in [1.165, 1.54) is 16.7 Å². The summed E-state index contributed by atoms with van der Waals surface area (Å²) in [6, 6.07) is 6.62. The molecule has 68 valence electrons. The van der Waals surface area contributed by atoms with Crippen molar-refractivity contribution in [3.63, 3.8) is 0 Å². The number of hydrogen-bond donors (Lipinski definition) is 0. The second-order valence-electron chi connectivity index (χ2n) is 4.73. The molecule has 0 radical (unpaired) electrons. The average Bonchev–Trinajstić information content (AvgIpc) is 2.48. The summed E-state index contributed by atoms with van der Waals surface area (Å²) >= 11 is 0. The summed E-state index contributed by atoms with van der Waals surface area (Å²) in [5.41, 5.74) is 4.70. The maximum Gasteiger partial charge on any atom is -0.00852 e. The van der Waals surface area contributed by atoms with E-state index in [9.17, 15) is 0 Å². The van der Waals surface area contributed by atoms with Crippen molar-refractivity contribution in [3.05, 3.63) is 41.0 Å². The maximum absolute atomic E-state index is 2.28. The Kier molecular flexibility index (Phi) is 1.80. The van der Waals surface area contributed by atoms with Crippen molar-refractivity contribution in [3.8, 4) is 0 Å². The van der Waals surface area contributed by atoms with E-state index in [0.717, 1.165) is 6.42 Å². The van der Waals surface area contributed by atoms with Gasteiger partial charge in [-0.05, 0) is 28.5 Å². The fourth-order valence-electron chi connectivity index (χ4n) is 2.00. The number of fused-ring (bicyclic) bond motifs is 1. The summed E-state index contributed by atoms with van der Waals surface area (Å²) in [7, 11) is 0. The minimum Gasteiger partial charge on any atom is -0.0795 e. The lowest BCUT2D eigenvalue weighted by Crippen LogP contribution is -2.13. The predicted octanol–water partition coefficient (Wildman–Crippen LogP) is 3.55. The maximum atomic E-state index is 2.28. The van der Waals surface area contributed by atoms with E-state index in [2.05, 4.69) is 51.1 Å². The van der Waals surface area contributed by atoms with Crippen LogP contribution in [0.1, 0.15) is 37.5 Å². The zero-order valence-electron chi connectivity index (χ0n) is 8.59. The molecule has 1 aliphatic rings. The van der Waals surface area contributed by atoms with Crippen LogP contribution in [-0.2, 0) is 11.8 Å². The van der Waals surface area contributed by atoms with Gasteiger partial charge in [-0.3, -0.25) is 0 Å². The van der Waals surface area contributed by atoms with Crippen molar-refractivity contribution < 1.29 is 0 Å². The number of benzene rings is 1. The number of allylic oxidation sites excluding steroid dienone is 1. The molecule has 0 amide bonds. The monoisotopic (exact) mass is 172 g/mol. The molecule has 0 spiro atoms. The van der Waals surface area contributed by atoms with E-state index < -0.39 is 0 Å². The third-order valence-electron chi connectivity index (χ3n) is 2.64. The van der Waals surface area contributed by atoms with Crippen LogP contribution in [0.5, 0.6) is 0 Å². The molecule has 2 rings (SSSR count). The summed E-state index contributed by atoms with van der Waals surface area (Å²) < 4.78 is 0. The SMILES string of the molecule is CC(C)(C)c1cccc2c1CC=C2. The fraction of sp³-hybridized carbons (Fsp3) is 0.385. The van der Waals surface area contributed by atoms with E-state index in [4.69, 9.17) is 0 Å². The smallest absolute Gasteiger partial charge is 0.00852 e. The average molecular weight is 172 g/mol. The van der Waals surface area contributed by atoms with Crippen LogP contribution >= 0.6 is 0 Å². The van der Waals surface area contributed by atoms with Gasteiger partial charge in [-0.25, -0.2) is 0 Å². The molecule has 0 nitrogen and oxygen atoms in total. The zero-order valence-corrected chi connectivity index (χ0v) is 8.59. The van der Waals surface area contributed by atoms with Crippen LogP contribution in [0.15, 0.2) is 24.3 Å². The highest BCUT2D eigenvalue weighted by molar-refractivity contribution is 5.62. The second kappa shape index (κ2) is 2.73. The van der Waals surface area contributed by atoms with E-state index >= 15 is 0 Å². The summed E-state index contributed by atoms with van der Waals surface area (Å²) in [4.78, 5) is 0. The van der Waals surface area contributed by atoms with Crippen molar-refractivity contribution in [2.45, 2.75) is 32.6 Å². The molecular formula is C13H16. The lowest BCUT2D eigenvalue weighted by atomic mass is 9.82. The van der Waals surface area contributed by atoms with Gasteiger partial charge in [-0.1, -0.05) is 51.1 Å². The highest BCUT2D eigenvalue weighted by atomic mass is 14.2. The van der Waals surface area contributed by atoms with Gasteiger partial charge in [0, 0.05) is 0 Å².